The van der Waals surface area contributed by atoms with Crippen LogP contribution < -0.4 is 0 Å². The highest BCUT2D eigenvalue weighted by Gasteiger charge is 2.04. The van der Waals surface area contributed by atoms with Gasteiger partial charge in [-0.25, -0.2) is 0 Å². The molecule has 1 aromatic carbocycles. The van der Waals surface area contributed by atoms with Crippen molar-refractivity contribution in [2.75, 3.05) is 6.61 Å². The Balaban J connectivity index is 2.28. The molecule has 0 aliphatic heterocycles. The summed E-state index contributed by atoms with van der Waals surface area (Å²) in [5.74, 6) is 0. The van der Waals surface area contributed by atoms with Gasteiger partial charge in [-0.05, 0) is 24.0 Å². The van der Waals surface area contributed by atoms with E-state index >= 15 is 0 Å². The number of unbranched alkanes of at least 4 members (excludes halogenated alkanes) is 5. The van der Waals surface area contributed by atoms with Gasteiger partial charge in [-0.15, -0.1) is 0 Å². The number of aliphatic hydroxyl groups is 2. The first kappa shape index (κ1) is 16.2. The SMILES string of the molecule is CCCCCCCCc1cccc(CC(O)CO)c1. The van der Waals surface area contributed by atoms with Crippen molar-refractivity contribution in [1.82, 2.24) is 0 Å². The van der Waals surface area contributed by atoms with E-state index in [1.165, 1.54) is 44.1 Å². The van der Waals surface area contributed by atoms with Gasteiger partial charge in [-0.3, -0.25) is 0 Å². The second kappa shape index (κ2) is 9.99. The lowest BCUT2D eigenvalue weighted by atomic mass is 10.0. The molecule has 0 heterocycles. The van der Waals surface area contributed by atoms with Crippen molar-refractivity contribution in [1.29, 1.82) is 0 Å². The lowest BCUT2D eigenvalue weighted by Gasteiger charge is -2.09. The van der Waals surface area contributed by atoms with Crippen LogP contribution in [0.4, 0.5) is 0 Å². The van der Waals surface area contributed by atoms with Crippen LogP contribution in [-0.4, -0.2) is 22.9 Å². The molecular weight excluding hydrogens is 236 g/mol. The predicted molar refractivity (Wildman–Crippen MR) is 80.3 cm³/mol. The van der Waals surface area contributed by atoms with Gasteiger partial charge in [0.1, 0.15) is 0 Å². The van der Waals surface area contributed by atoms with E-state index < -0.39 is 6.10 Å². The van der Waals surface area contributed by atoms with Gasteiger partial charge in [0.15, 0.2) is 0 Å². The first-order valence-electron chi connectivity index (χ1n) is 7.63. The number of aryl methyl sites for hydroxylation is 1. The third-order valence-corrected chi connectivity index (χ3v) is 3.49. The Morgan fingerprint density at radius 3 is 2.42 bits per heavy atom. The van der Waals surface area contributed by atoms with Gasteiger partial charge >= 0.3 is 0 Å². The average molecular weight is 264 g/mol. The van der Waals surface area contributed by atoms with E-state index in [1.807, 2.05) is 12.1 Å². The van der Waals surface area contributed by atoms with Crippen LogP contribution in [0.15, 0.2) is 24.3 Å². The van der Waals surface area contributed by atoms with Crippen molar-refractivity contribution in [3.8, 4) is 0 Å². The molecule has 19 heavy (non-hydrogen) atoms. The van der Waals surface area contributed by atoms with Gasteiger partial charge in [0, 0.05) is 6.42 Å². The molecule has 0 fully saturated rings. The zero-order valence-electron chi connectivity index (χ0n) is 12.1. The number of aliphatic hydroxyl groups excluding tert-OH is 2. The summed E-state index contributed by atoms with van der Waals surface area (Å²) in [5.41, 5.74) is 2.46. The number of hydrogen-bond acceptors (Lipinski definition) is 2. The van der Waals surface area contributed by atoms with Gasteiger partial charge in [0.05, 0.1) is 12.7 Å². The zero-order valence-corrected chi connectivity index (χ0v) is 12.1. The van der Waals surface area contributed by atoms with Crippen molar-refractivity contribution >= 4 is 0 Å². The Labute approximate surface area is 117 Å². The molecule has 0 saturated carbocycles. The van der Waals surface area contributed by atoms with Crippen molar-refractivity contribution in [3.05, 3.63) is 35.4 Å². The molecule has 2 heteroatoms. The normalized spacial score (nSPS) is 12.6. The number of benzene rings is 1. The number of hydrogen-bond donors (Lipinski definition) is 2. The third-order valence-electron chi connectivity index (χ3n) is 3.49. The van der Waals surface area contributed by atoms with Crippen LogP contribution in [0.1, 0.15) is 56.6 Å². The van der Waals surface area contributed by atoms with Crippen LogP contribution in [0.3, 0.4) is 0 Å². The lowest BCUT2D eigenvalue weighted by Crippen LogP contribution is -2.15. The molecule has 0 bridgehead atoms. The average Bonchev–Trinajstić information content (AvgIpc) is 2.43. The molecule has 0 radical (unpaired) electrons. The summed E-state index contributed by atoms with van der Waals surface area (Å²) in [4.78, 5) is 0. The van der Waals surface area contributed by atoms with E-state index in [0.29, 0.717) is 6.42 Å². The van der Waals surface area contributed by atoms with Crippen LogP contribution >= 0.6 is 0 Å². The molecule has 1 atom stereocenters. The monoisotopic (exact) mass is 264 g/mol. The summed E-state index contributed by atoms with van der Waals surface area (Å²) < 4.78 is 0. The van der Waals surface area contributed by atoms with E-state index in [0.717, 1.165) is 12.0 Å². The molecule has 1 rings (SSSR count). The molecule has 0 spiro atoms. The molecule has 0 amide bonds. The maximum absolute atomic E-state index is 9.45. The van der Waals surface area contributed by atoms with E-state index in [4.69, 9.17) is 5.11 Å². The van der Waals surface area contributed by atoms with Crippen molar-refractivity contribution in [2.45, 2.75) is 64.4 Å². The zero-order chi connectivity index (χ0) is 13.9. The van der Waals surface area contributed by atoms with E-state index in [-0.39, 0.29) is 6.61 Å². The minimum Gasteiger partial charge on any atom is -0.394 e. The second-order valence-electron chi connectivity index (χ2n) is 5.38. The molecule has 2 N–H and O–H groups in total. The van der Waals surface area contributed by atoms with E-state index in [2.05, 4.69) is 19.1 Å². The maximum atomic E-state index is 9.45. The second-order valence-corrected chi connectivity index (χ2v) is 5.38. The van der Waals surface area contributed by atoms with Crippen LogP contribution in [-0.2, 0) is 12.8 Å². The molecule has 0 aliphatic carbocycles. The smallest absolute Gasteiger partial charge is 0.0811 e. The first-order chi connectivity index (χ1) is 9.26. The van der Waals surface area contributed by atoms with Gasteiger partial charge in [0.25, 0.3) is 0 Å². The Bertz CT molecular complexity index is 336. The molecule has 0 aromatic heterocycles. The summed E-state index contributed by atoms with van der Waals surface area (Å²) in [6.45, 7) is 2.08. The van der Waals surface area contributed by atoms with E-state index in [9.17, 15) is 5.11 Å². The van der Waals surface area contributed by atoms with Crippen molar-refractivity contribution in [3.63, 3.8) is 0 Å². The summed E-state index contributed by atoms with van der Waals surface area (Å²) >= 11 is 0. The van der Waals surface area contributed by atoms with Gasteiger partial charge in [0.2, 0.25) is 0 Å². The lowest BCUT2D eigenvalue weighted by molar-refractivity contribution is 0.0955. The Morgan fingerprint density at radius 2 is 1.68 bits per heavy atom. The molecule has 0 aliphatic rings. The third kappa shape index (κ3) is 7.34. The minimum atomic E-state index is -0.635. The van der Waals surface area contributed by atoms with Crippen LogP contribution in [0.25, 0.3) is 0 Å². The van der Waals surface area contributed by atoms with Gasteiger partial charge in [-0.2, -0.15) is 0 Å². The molecule has 108 valence electrons. The highest BCUT2D eigenvalue weighted by atomic mass is 16.3. The highest BCUT2D eigenvalue weighted by Crippen LogP contribution is 2.12. The molecule has 0 saturated heterocycles. The predicted octanol–water partition coefficient (Wildman–Crippen LogP) is 3.49. The largest absolute Gasteiger partial charge is 0.394 e. The minimum absolute atomic E-state index is 0.165. The first-order valence-corrected chi connectivity index (χ1v) is 7.63. The Kier molecular flexibility index (Phi) is 8.52. The van der Waals surface area contributed by atoms with Gasteiger partial charge < -0.3 is 10.2 Å². The van der Waals surface area contributed by atoms with Crippen molar-refractivity contribution < 1.29 is 10.2 Å². The molecule has 1 aromatic rings. The molecule has 1 unspecified atom stereocenters. The summed E-state index contributed by atoms with van der Waals surface area (Å²) in [6.07, 6.45) is 8.94. The highest BCUT2D eigenvalue weighted by molar-refractivity contribution is 5.24. The Hall–Kier alpha value is -0.860. The molecular formula is C17H28O2. The fraction of sp³-hybridized carbons (Fsp3) is 0.647. The Morgan fingerprint density at radius 1 is 1.00 bits per heavy atom. The van der Waals surface area contributed by atoms with Crippen LogP contribution in [0.5, 0.6) is 0 Å². The summed E-state index contributed by atoms with van der Waals surface area (Å²) in [7, 11) is 0. The quantitative estimate of drug-likeness (QED) is 0.635. The van der Waals surface area contributed by atoms with Crippen LogP contribution in [0.2, 0.25) is 0 Å². The number of rotatable bonds is 10. The standard InChI is InChI=1S/C17H28O2/c1-2-3-4-5-6-7-9-15-10-8-11-16(12-15)13-17(19)14-18/h8,10-12,17-19H,2-7,9,13-14H2,1H3. The maximum Gasteiger partial charge on any atom is 0.0811 e. The summed E-state index contributed by atoms with van der Waals surface area (Å²) in [6, 6.07) is 8.38. The van der Waals surface area contributed by atoms with E-state index in [1.54, 1.807) is 0 Å². The topological polar surface area (TPSA) is 40.5 Å². The van der Waals surface area contributed by atoms with Crippen LogP contribution in [0, 0.1) is 0 Å². The fourth-order valence-electron chi connectivity index (χ4n) is 2.36. The summed E-state index contributed by atoms with van der Waals surface area (Å²) in [5, 5.41) is 18.3. The van der Waals surface area contributed by atoms with Gasteiger partial charge in [-0.1, -0.05) is 63.3 Å². The van der Waals surface area contributed by atoms with Crippen molar-refractivity contribution in [2.24, 2.45) is 0 Å². The fourth-order valence-corrected chi connectivity index (χ4v) is 2.36. The molecule has 2 nitrogen and oxygen atoms in total.